The third-order valence-corrected chi connectivity index (χ3v) is 4.85. The van der Waals surface area contributed by atoms with E-state index in [1.807, 2.05) is 0 Å². The van der Waals surface area contributed by atoms with Gasteiger partial charge in [-0.15, -0.1) is 0 Å². The number of ether oxygens (including phenoxy) is 3. The van der Waals surface area contributed by atoms with Crippen LogP contribution in [0.1, 0.15) is 6.42 Å². The molecule has 0 rings (SSSR count). The summed E-state index contributed by atoms with van der Waals surface area (Å²) in [7, 11) is 0. The molecule has 27 heteroatoms. The van der Waals surface area contributed by atoms with E-state index in [1.165, 1.54) is 0 Å². The first-order valence-electron chi connectivity index (χ1n) is 9.36. The first kappa shape index (κ1) is 40.8. The standard InChI is InChI=1S/C15H8BrF23O3/c16-2-1-3-40-4-5(17,18)6(19,20)7(21,22)9(25,26)12(32,33)41-14(36,37)15(38,39)42-13(34,35)10(27,28)8(23,24)11(29,30)31/h1-4H2. The molecule has 42 heavy (non-hydrogen) atoms. The molecule has 0 saturated heterocycles. The summed E-state index contributed by atoms with van der Waals surface area (Å²) >= 11 is 2.62. The molecule has 0 aliphatic carbocycles. The zero-order chi connectivity index (χ0) is 34.4. The molecular formula is C15H8BrF23O3. The smallest absolute Gasteiger partial charge is 0.375 e. The molecule has 0 spiro atoms. The van der Waals surface area contributed by atoms with Crippen molar-refractivity contribution in [3.8, 4) is 0 Å². The van der Waals surface area contributed by atoms with E-state index in [9.17, 15) is 101 Å². The lowest BCUT2D eigenvalue weighted by Gasteiger charge is -2.40. The van der Waals surface area contributed by atoms with Crippen molar-refractivity contribution < 1.29 is 115 Å². The molecule has 254 valence electrons. The lowest BCUT2D eigenvalue weighted by molar-refractivity contribution is -0.558. The van der Waals surface area contributed by atoms with Crippen molar-refractivity contribution in [1.29, 1.82) is 0 Å². The fourth-order valence-corrected chi connectivity index (χ4v) is 2.22. The Morgan fingerprint density at radius 3 is 1.05 bits per heavy atom. The van der Waals surface area contributed by atoms with Gasteiger partial charge in [0.05, 0.1) is 0 Å². The van der Waals surface area contributed by atoms with Crippen LogP contribution in [0.5, 0.6) is 0 Å². The van der Waals surface area contributed by atoms with Gasteiger partial charge < -0.3 is 4.74 Å². The van der Waals surface area contributed by atoms with Crippen LogP contribution in [0, 0.1) is 0 Å². The monoisotopic (exact) mass is 752 g/mol. The number of hydrogen-bond donors (Lipinski definition) is 0. The highest BCUT2D eigenvalue weighted by molar-refractivity contribution is 9.09. The largest absolute Gasteiger partial charge is 0.460 e. The van der Waals surface area contributed by atoms with Gasteiger partial charge in [-0.25, -0.2) is 9.47 Å². The van der Waals surface area contributed by atoms with Gasteiger partial charge in [-0.3, -0.25) is 0 Å². The summed E-state index contributed by atoms with van der Waals surface area (Å²) in [6.45, 7) is -3.99. The zero-order valence-electron chi connectivity index (χ0n) is 18.6. The van der Waals surface area contributed by atoms with Crippen LogP contribution in [0.3, 0.4) is 0 Å². The molecule has 0 saturated carbocycles. The quantitative estimate of drug-likeness (QED) is 0.0899. The predicted molar refractivity (Wildman–Crippen MR) is 86.9 cm³/mol. The molecule has 0 fully saturated rings. The Morgan fingerprint density at radius 1 is 0.405 bits per heavy atom. The topological polar surface area (TPSA) is 27.7 Å². The van der Waals surface area contributed by atoms with Crippen LogP contribution in [0.2, 0.25) is 0 Å². The second kappa shape index (κ2) is 11.6. The van der Waals surface area contributed by atoms with Crippen LogP contribution in [0.4, 0.5) is 101 Å². The Labute approximate surface area is 223 Å². The van der Waals surface area contributed by atoms with E-state index in [4.69, 9.17) is 0 Å². The van der Waals surface area contributed by atoms with Crippen molar-refractivity contribution in [2.24, 2.45) is 0 Å². The van der Waals surface area contributed by atoms with Crippen molar-refractivity contribution in [3.05, 3.63) is 0 Å². The van der Waals surface area contributed by atoms with E-state index in [0.29, 0.717) is 0 Å². The summed E-state index contributed by atoms with van der Waals surface area (Å²) in [5.74, 6) is -47.8. The molecule has 0 atom stereocenters. The summed E-state index contributed by atoms with van der Waals surface area (Å²) in [6, 6.07) is 0. The molecule has 0 N–H and O–H groups in total. The van der Waals surface area contributed by atoms with Crippen molar-refractivity contribution in [2.75, 3.05) is 18.5 Å². The predicted octanol–water partition coefficient (Wildman–Crippen LogP) is 8.57. The van der Waals surface area contributed by atoms with Gasteiger partial charge in [0.15, 0.2) is 0 Å². The minimum Gasteiger partial charge on any atom is -0.375 e. The fourth-order valence-electron chi connectivity index (χ4n) is 1.99. The van der Waals surface area contributed by atoms with Gasteiger partial charge in [-0.05, 0) is 6.42 Å². The molecule has 0 aromatic heterocycles. The highest BCUT2D eigenvalue weighted by Gasteiger charge is 2.89. The normalized spacial score (nSPS) is 16.3. The van der Waals surface area contributed by atoms with Crippen molar-refractivity contribution >= 4 is 15.9 Å². The van der Waals surface area contributed by atoms with Gasteiger partial charge in [-0.2, -0.15) is 101 Å². The van der Waals surface area contributed by atoms with Gasteiger partial charge in [0.25, 0.3) is 0 Å². The molecular weight excluding hydrogens is 745 g/mol. The number of halogens is 24. The Kier molecular flexibility index (Phi) is 11.2. The lowest BCUT2D eigenvalue weighted by atomic mass is 9.98. The van der Waals surface area contributed by atoms with Crippen LogP contribution < -0.4 is 0 Å². The Balaban J connectivity index is 6.42. The first-order valence-corrected chi connectivity index (χ1v) is 10.5. The van der Waals surface area contributed by atoms with Crippen molar-refractivity contribution in [3.63, 3.8) is 0 Å². The van der Waals surface area contributed by atoms with E-state index < -0.39 is 79.4 Å². The van der Waals surface area contributed by atoms with Crippen LogP contribution in [-0.2, 0) is 14.2 Å². The molecule has 0 amide bonds. The lowest BCUT2D eigenvalue weighted by Crippen LogP contribution is -2.70. The summed E-state index contributed by atoms with van der Waals surface area (Å²) < 4.78 is 308. The summed E-state index contributed by atoms with van der Waals surface area (Å²) in [6.07, 6.45) is -41.2. The molecule has 0 bridgehead atoms. The maximum absolute atomic E-state index is 13.6. The summed E-state index contributed by atoms with van der Waals surface area (Å²) in [5, 5.41) is -0.135. The zero-order valence-corrected chi connectivity index (χ0v) is 20.2. The summed E-state index contributed by atoms with van der Waals surface area (Å²) in [4.78, 5) is 0. The Bertz CT molecular complexity index is 913. The molecule has 0 aliphatic heterocycles. The molecule has 0 aromatic rings. The second-order valence-electron chi connectivity index (χ2n) is 7.44. The Hall–Kier alpha value is -1.25. The van der Waals surface area contributed by atoms with E-state index in [0.717, 1.165) is 9.47 Å². The van der Waals surface area contributed by atoms with Crippen molar-refractivity contribution in [2.45, 2.75) is 72.6 Å². The van der Waals surface area contributed by atoms with Gasteiger partial charge in [0.1, 0.15) is 6.61 Å². The van der Waals surface area contributed by atoms with Gasteiger partial charge in [0, 0.05) is 11.9 Å². The van der Waals surface area contributed by atoms with E-state index in [1.54, 1.807) is 0 Å². The van der Waals surface area contributed by atoms with Gasteiger partial charge in [0.2, 0.25) is 0 Å². The summed E-state index contributed by atoms with van der Waals surface area (Å²) in [5.41, 5.74) is 0. The molecule has 3 nitrogen and oxygen atoms in total. The molecule has 0 radical (unpaired) electrons. The maximum Gasteiger partial charge on any atom is 0.460 e. The van der Waals surface area contributed by atoms with Crippen molar-refractivity contribution in [1.82, 2.24) is 0 Å². The average molecular weight is 753 g/mol. The second-order valence-corrected chi connectivity index (χ2v) is 8.23. The molecule has 0 heterocycles. The number of hydrogen-bond acceptors (Lipinski definition) is 3. The number of rotatable bonds is 16. The third kappa shape index (κ3) is 6.86. The molecule has 0 aliphatic rings. The minimum absolute atomic E-state index is 0.135. The van der Waals surface area contributed by atoms with E-state index in [2.05, 4.69) is 20.7 Å². The van der Waals surface area contributed by atoms with E-state index >= 15 is 0 Å². The minimum atomic E-state index is -8.52. The first-order chi connectivity index (χ1) is 18.0. The van der Waals surface area contributed by atoms with E-state index in [-0.39, 0.29) is 11.8 Å². The van der Waals surface area contributed by atoms with Crippen LogP contribution in [0.15, 0.2) is 0 Å². The highest BCUT2D eigenvalue weighted by Crippen LogP contribution is 2.60. The third-order valence-electron chi connectivity index (χ3n) is 4.29. The van der Waals surface area contributed by atoms with Crippen LogP contribution in [0.25, 0.3) is 0 Å². The molecule has 0 unspecified atom stereocenters. The Morgan fingerprint density at radius 2 is 0.738 bits per heavy atom. The average Bonchev–Trinajstić information content (AvgIpc) is 2.73. The molecule has 0 aromatic carbocycles. The van der Waals surface area contributed by atoms with Crippen LogP contribution in [-0.4, -0.2) is 84.7 Å². The highest BCUT2D eigenvalue weighted by atomic mass is 79.9. The SMILES string of the molecule is FC(F)(F)C(F)(F)C(F)(F)C(F)(F)OC(F)(F)C(F)(F)OC(F)(F)C(F)(F)C(F)(F)C(F)(F)C(F)(F)COCCCBr. The fraction of sp³-hybridized carbons (Fsp3) is 1.00. The van der Waals surface area contributed by atoms with Gasteiger partial charge in [-0.1, -0.05) is 15.9 Å². The van der Waals surface area contributed by atoms with Crippen LogP contribution >= 0.6 is 15.9 Å². The maximum atomic E-state index is 13.6. The van der Waals surface area contributed by atoms with Gasteiger partial charge >= 0.3 is 66.1 Å². The number of alkyl halides is 24.